The van der Waals surface area contributed by atoms with Crippen LogP contribution in [0.5, 0.6) is 0 Å². The highest BCUT2D eigenvalue weighted by atomic mass is 32.1. The highest BCUT2D eigenvalue weighted by Crippen LogP contribution is 2.29. The minimum absolute atomic E-state index is 0.721. The Bertz CT molecular complexity index is 580. The van der Waals surface area contributed by atoms with Gasteiger partial charge in [-0.05, 0) is 50.8 Å². The molecule has 2 aromatic heterocycles. The smallest absolute Gasteiger partial charge is 0.171 e. The Balaban J connectivity index is 1.85. The monoisotopic (exact) mass is 288 g/mol. The van der Waals surface area contributed by atoms with Gasteiger partial charge in [-0.2, -0.15) is 0 Å². The van der Waals surface area contributed by atoms with Gasteiger partial charge in [0, 0.05) is 17.6 Å². The summed E-state index contributed by atoms with van der Waals surface area (Å²) >= 11 is 1.60. The van der Waals surface area contributed by atoms with Crippen molar-refractivity contribution in [2.75, 3.05) is 13.1 Å². The average Bonchev–Trinajstić information content (AvgIpc) is 2.99. The first kappa shape index (κ1) is 13.6. The third kappa shape index (κ3) is 2.74. The number of thiazole rings is 1. The fraction of sp³-hybridized carbons (Fsp3) is 0.533. The van der Waals surface area contributed by atoms with Gasteiger partial charge in [0.15, 0.2) is 5.82 Å². The van der Waals surface area contributed by atoms with Gasteiger partial charge in [-0.25, -0.2) is 9.97 Å². The molecular weight excluding hydrogens is 268 g/mol. The Morgan fingerprint density at radius 2 is 2.30 bits per heavy atom. The van der Waals surface area contributed by atoms with Crippen LogP contribution in [0.3, 0.4) is 0 Å². The average molecular weight is 288 g/mol. The Morgan fingerprint density at radius 1 is 1.40 bits per heavy atom. The molecule has 1 atom stereocenters. The van der Waals surface area contributed by atoms with E-state index >= 15 is 0 Å². The molecule has 3 rings (SSSR count). The predicted octanol–water partition coefficient (Wildman–Crippen LogP) is 2.62. The molecule has 0 saturated carbocycles. The van der Waals surface area contributed by atoms with E-state index in [9.17, 15) is 0 Å². The number of rotatable bonds is 4. The van der Waals surface area contributed by atoms with E-state index in [1.807, 2.05) is 11.7 Å². The Hall–Kier alpha value is -1.33. The minimum atomic E-state index is 0.721. The van der Waals surface area contributed by atoms with Gasteiger partial charge in [0.2, 0.25) is 0 Å². The van der Waals surface area contributed by atoms with E-state index in [1.165, 1.54) is 17.7 Å². The van der Waals surface area contributed by atoms with Crippen LogP contribution in [0.1, 0.15) is 30.3 Å². The molecule has 0 amide bonds. The van der Waals surface area contributed by atoms with Crippen LogP contribution in [0, 0.1) is 12.8 Å². The van der Waals surface area contributed by atoms with E-state index < -0.39 is 0 Å². The zero-order valence-corrected chi connectivity index (χ0v) is 12.8. The summed E-state index contributed by atoms with van der Waals surface area (Å²) in [6, 6.07) is 0. The number of aromatic nitrogens is 3. The van der Waals surface area contributed by atoms with Crippen molar-refractivity contribution in [3.05, 3.63) is 28.7 Å². The van der Waals surface area contributed by atoms with Crippen molar-refractivity contribution in [2.45, 2.75) is 33.1 Å². The maximum Gasteiger partial charge on any atom is 0.171 e. The lowest BCUT2D eigenvalue weighted by Gasteiger charge is -2.25. The number of nitrogens with one attached hydrogen (secondary N) is 1. The van der Waals surface area contributed by atoms with Gasteiger partial charge in [-0.1, -0.05) is 6.92 Å². The van der Waals surface area contributed by atoms with Crippen LogP contribution in [0.4, 0.5) is 0 Å². The summed E-state index contributed by atoms with van der Waals surface area (Å²) in [6.45, 7) is 6.42. The SMILES string of the molecule is CCNCC1CCc2nc(-c3cncs3)nc(C)c2C1. The number of nitrogens with zero attached hydrogens (tertiary/aromatic N) is 3. The van der Waals surface area contributed by atoms with Crippen molar-refractivity contribution in [1.82, 2.24) is 20.3 Å². The quantitative estimate of drug-likeness (QED) is 0.939. The normalized spacial score (nSPS) is 18.0. The van der Waals surface area contributed by atoms with Crippen LogP contribution in [-0.4, -0.2) is 28.0 Å². The molecule has 1 aliphatic carbocycles. The van der Waals surface area contributed by atoms with Gasteiger partial charge < -0.3 is 5.32 Å². The molecule has 0 radical (unpaired) electrons. The third-order valence-corrected chi connectivity index (χ3v) is 4.69. The predicted molar refractivity (Wildman–Crippen MR) is 81.9 cm³/mol. The maximum atomic E-state index is 4.77. The molecule has 0 bridgehead atoms. The summed E-state index contributed by atoms with van der Waals surface area (Å²) in [5.74, 6) is 1.56. The van der Waals surface area contributed by atoms with Crippen molar-refractivity contribution in [1.29, 1.82) is 0 Å². The van der Waals surface area contributed by atoms with Crippen LogP contribution in [0.15, 0.2) is 11.7 Å². The molecule has 0 fully saturated rings. The topological polar surface area (TPSA) is 50.7 Å². The summed E-state index contributed by atoms with van der Waals surface area (Å²) in [5, 5.41) is 3.45. The molecule has 1 aliphatic rings. The van der Waals surface area contributed by atoms with Gasteiger partial charge >= 0.3 is 0 Å². The fourth-order valence-electron chi connectivity index (χ4n) is 2.82. The minimum Gasteiger partial charge on any atom is -0.317 e. The molecule has 2 aromatic rings. The highest BCUT2D eigenvalue weighted by Gasteiger charge is 2.22. The first-order valence-corrected chi connectivity index (χ1v) is 8.12. The summed E-state index contributed by atoms with van der Waals surface area (Å²) < 4.78 is 0. The van der Waals surface area contributed by atoms with Crippen molar-refractivity contribution >= 4 is 11.3 Å². The molecule has 5 heteroatoms. The van der Waals surface area contributed by atoms with Gasteiger partial charge in [0.1, 0.15) is 0 Å². The zero-order valence-electron chi connectivity index (χ0n) is 12.0. The van der Waals surface area contributed by atoms with E-state index in [1.54, 1.807) is 11.3 Å². The lowest BCUT2D eigenvalue weighted by atomic mass is 9.85. The molecule has 2 heterocycles. The van der Waals surface area contributed by atoms with E-state index in [-0.39, 0.29) is 0 Å². The molecule has 0 spiro atoms. The number of hydrogen-bond acceptors (Lipinski definition) is 5. The lowest BCUT2D eigenvalue weighted by Crippen LogP contribution is -2.28. The second-order valence-corrected chi connectivity index (χ2v) is 6.23. The molecule has 106 valence electrons. The molecular formula is C15H20N4S. The first-order valence-electron chi connectivity index (χ1n) is 7.24. The number of hydrogen-bond donors (Lipinski definition) is 1. The van der Waals surface area contributed by atoms with Gasteiger partial charge in [0.05, 0.1) is 10.4 Å². The Kier molecular flexibility index (Phi) is 4.08. The van der Waals surface area contributed by atoms with E-state index in [2.05, 4.69) is 29.1 Å². The largest absolute Gasteiger partial charge is 0.317 e. The van der Waals surface area contributed by atoms with E-state index in [4.69, 9.17) is 4.98 Å². The van der Waals surface area contributed by atoms with Crippen LogP contribution < -0.4 is 5.32 Å². The lowest BCUT2D eigenvalue weighted by molar-refractivity contribution is 0.423. The number of aryl methyl sites for hydroxylation is 2. The first-order chi connectivity index (χ1) is 9.78. The second-order valence-electron chi connectivity index (χ2n) is 5.34. The molecule has 20 heavy (non-hydrogen) atoms. The van der Waals surface area contributed by atoms with Crippen molar-refractivity contribution in [3.8, 4) is 10.7 Å². The van der Waals surface area contributed by atoms with Crippen molar-refractivity contribution in [3.63, 3.8) is 0 Å². The van der Waals surface area contributed by atoms with Gasteiger partial charge in [-0.15, -0.1) is 11.3 Å². The summed E-state index contributed by atoms with van der Waals surface area (Å²) in [6.07, 6.45) is 5.25. The molecule has 0 aromatic carbocycles. The van der Waals surface area contributed by atoms with Gasteiger partial charge in [-0.3, -0.25) is 4.98 Å². The van der Waals surface area contributed by atoms with Crippen molar-refractivity contribution < 1.29 is 0 Å². The van der Waals surface area contributed by atoms with Crippen molar-refractivity contribution in [2.24, 2.45) is 5.92 Å². The summed E-state index contributed by atoms with van der Waals surface area (Å²) in [7, 11) is 0. The highest BCUT2D eigenvalue weighted by molar-refractivity contribution is 7.13. The Morgan fingerprint density at radius 3 is 3.05 bits per heavy atom. The van der Waals surface area contributed by atoms with Crippen LogP contribution in [-0.2, 0) is 12.8 Å². The Labute approximate surface area is 123 Å². The van der Waals surface area contributed by atoms with Crippen LogP contribution in [0.25, 0.3) is 10.7 Å². The summed E-state index contributed by atoms with van der Waals surface area (Å²) in [4.78, 5) is 14.6. The van der Waals surface area contributed by atoms with E-state index in [0.29, 0.717) is 0 Å². The number of fused-ring (bicyclic) bond motifs is 1. The fourth-order valence-corrected chi connectivity index (χ4v) is 3.37. The summed E-state index contributed by atoms with van der Waals surface area (Å²) in [5.41, 5.74) is 5.58. The third-order valence-electron chi connectivity index (χ3n) is 3.92. The standard InChI is InChI=1S/C15H20N4S/c1-3-16-7-11-4-5-13-12(6-11)10(2)18-15(19-13)14-8-17-9-20-14/h8-9,11,16H,3-7H2,1-2H3. The molecule has 1 unspecified atom stereocenters. The van der Waals surface area contributed by atoms with Crippen LogP contribution in [0.2, 0.25) is 0 Å². The second kappa shape index (κ2) is 5.97. The zero-order chi connectivity index (χ0) is 13.9. The molecule has 1 N–H and O–H groups in total. The molecule has 4 nitrogen and oxygen atoms in total. The molecule has 0 saturated heterocycles. The maximum absolute atomic E-state index is 4.77. The van der Waals surface area contributed by atoms with Crippen LogP contribution >= 0.6 is 11.3 Å². The van der Waals surface area contributed by atoms with E-state index in [0.717, 1.165) is 48.2 Å². The molecule has 0 aliphatic heterocycles. The van der Waals surface area contributed by atoms with Gasteiger partial charge in [0.25, 0.3) is 0 Å².